The monoisotopic (exact) mass is 384 g/mol. The number of carbonyl (C=O) groups is 2. The van der Waals surface area contributed by atoms with E-state index in [2.05, 4.69) is 10.4 Å². The lowest BCUT2D eigenvalue weighted by Crippen LogP contribution is -2.52. The van der Waals surface area contributed by atoms with Gasteiger partial charge in [0.1, 0.15) is 17.6 Å². The smallest absolute Gasteiger partial charge is 0.243 e. The Morgan fingerprint density at radius 1 is 1.29 bits per heavy atom. The lowest BCUT2D eigenvalue weighted by Gasteiger charge is -2.33. The molecule has 7 nitrogen and oxygen atoms in total. The van der Waals surface area contributed by atoms with Crippen molar-refractivity contribution in [2.24, 2.45) is 0 Å². The van der Waals surface area contributed by atoms with Gasteiger partial charge in [0.05, 0.1) is 18.8 Å². The minimum atomic E-state index is -0.525. The van der Waals surface area contributed by atoms with Crippen molar-refractivity contribution in [2.75, 3.05) is 18.1 Å². The summed E-state index contributed by atoms with van der Waals surface area (Å²) >= 11 is 0. The fourth-order valence-electron chi connectivity index (χ4n) is 3.53. The number of aromatic nitrogens is 2. The molecule has 0 fully saturated rings. The Morgan fingerprint density at radius 2 is 2.04 bits per heavy atom. The van der Waals surface area contributed by atoms with Crippen molar-refractivity contribution >= 4 is 17.6 Å². The van der Waals surface area contributed by atoms with Gasteiger partial charge in [-0.15, -0.1) is 0 Å². The van der Waals surface area contributed by atoms with Gasteiger partial charge in [-0.1, -0.05) is 19.1 Å². The Bertz CT molecular complexity index is 829. The number of amides is 2. The van der Waals surface area contributed by atoms with Crippen molar-refractivity contribution in [2.45, 2.75) is 52.6 Å². The number of ether oxygens (including phenoxy) is 1. The van der Waals surface area contributed by atoms with E-state index >= 15 is 0 Å². The van der Waals surface area contributed by atoms with Crippen LogP contribution in [-0.2, 0) is 22.6 Å². The van der Waals surface area contributed by atoms with Crippen molar-refractivity contribution in [3.05, 3.63) is 41.6 Å². The zero-order valence-corrected chi connectivity index (χ0v) is 16.8. The Morgan fingerprint density at radius 3 is 2.71 bits per heavy atom. The van der Waals surface area contributed by atoms with E-state index in [9.17, 15) is 9.59 Å². The van der Waals surface area contributed by atoms with E-state index in [0.717, 1.165) is 23.4 Å². The molecule has 0 saturated heterocycles. The van der Waals surface area contributed by atoms with Gasteiger partial charge in [0, 0.05) is 19.0 Å². The van der Waals surface area contributed by atoms with Crippen molar-refractivity contribution in [3.63, 3.8) is 0 Å². The standard InChI is InChI=1S/C21H28N4O3/c1-4-18(25-19-14-15(3)23-24(19)13-11-20(25)26)21(27)22-12-10-16-6-8-17(9-7-16)28-5-2/h6-9,14,18H,4-5,10-13H2,1-3H3,(H,22,27)/t18-/m1/s1. The van der Waals surface area contributed by atoms with Crippen molar-refractivity contribution in [1.29, 1.82) is 0 Å². The number of rotatable bonds is 8. The topological polar surface area (TPSA) is 76.5 Å². The number of fused-ring (bicyclic) bond motifs is 1. The minimum Gasteiger partial charge on any atom is -0.494 e. The Labute approximate surface area is 165 Å². The molecule has 2 heterocycles. The summed E-state index contributed by atoms with van der Waals surface area (Å²) in [5.74, 6) is 1.40. The van der Waals surface area contributed by atoms with E-state index in [1.807, 2.05) is 55.8 Å². The number of nitrogens with one attached hydrogen (secondary N) is 1. The molecule has 150 valence electrons. The number of carbonyl (C=O) groups excluding carboxylic acids is 2. The van der Waals surface area contributed by atoms with Crippen LogP contribution in [-0.4, -0.2) is 40.8 Å². The molecule has 2 amide bonds. The molecule has 3 rings (SSSR count). The van der Waals surface area contributed by atoms with Crippen molar-refractivity contribution < 1.29 is 14.3 Å². The summed E-state index contributed by atoms with van der Waals surface area (Å²) in [6.45, 7) is 7.49. The molecule has 0 saturated carbocycles. The predicted molar refractivity (Wildman–Crippen MR) is 107 cm³/mol. The number of benzene rings is 1. The Hall–Kier alpha value is -2.83. The zero-order chi connectivity index (χ0) is 20.1. The van der Waals surface area contributed by atoms with Gasteiger partial charge in [-0.25, -0.2) is 4.68 Å². The first-order chi connectivity index (χ1) is 13.5. The second kappa shape index (κ2) is 8.91. The molecule has 1 aromatic carbocycles. The first-order valence-corrected chi connectivity index (χ1v) is 9.89. The van der Waals surface area contributed by atoms with Crippen LogP contribution in [0.1, 0.15) is 37.9 Å². The molecule has 0 aliphatic carbocycles. The van der Waals surface area contributed by atoms with Gasteiger partial charge in [-0.2, -0.15) is 5.10 Å². The number of nitrogens with zero attached hydrogens (tertiary/aromatic N) is 3. The highest BCUT2D eigenvalue weighted by molar-refractivity contribution is 6.00. The highest BCUT2D eigenvalue weighted by Gasteiger charge is 2.34. The summed E-state index contributed by atoms with van der Waals surface area (Å²) in [6.07, 6.45) is 1.63. The van der Waals surface area contributed by atoms with Crippen molar-refractivity contribution in [3.8, 4) is 5.75 Å². The van der Waals surface area contributed by atoms with Gasteiger partial charge in [0.2, 0.25) is 11.8 Å². The maximum Gasteiger partial charge on any atom is 0.243 e. The average Bonchev–Trinajstić information content (AvgIpc) is 3.06. The van der Waals surface area contributed by atoms with E-state index in [1.54, 1.807) is 4.90 Å². The SMILES string of the molecule is CCOc1ccc(CCNC(=O)[C@@H](CC)N2C(=O)CCn3nc(C)cc32)cc1. The van der Waals surface area contributed by atoms with Gasteiger partial charge >= 0.3 is 0 Å². The molecule has 1 aromatic heterocycles. The molecule has 2 aromatic rings. The average molecular weight is 384 g/mol. The fourth-order valence-corrected chi connectivity index (χ4v) is 3.53. The van der Waals surface area contributed by atoms with Crippen LogP contribution < -0.4 is 15.0 Å². The lowest BCUT2D eigenvalue weighted by molar-refractivity contribution is -0.127. The van der Waals surface area contributed by atoms with E-state index < -0.39 is 6.04 Å². The van der Waals surface area contributed by atoms with Crippen LogP contribution in [0.5, 0.6) is 5.75 Å². The Kier molecular flexibility index (Phi) is 6.34. The number of anilines is 1. The van der Waals surface area contributed by atoms with Gasteiger partial charge in [-0.05, 0) is 44.4 Å². The number of hydrogen-bond donors (Lipinski definition) is 1. The zero-order valence-electron chi connectivity index (χ0n) is 16.8. The van der Waals surface area contributed by atoms with Crippen LogP contribution in [0, 0.1) is 6.92 Å². The highest BCUT2D eigenvalue weighted by atomic mass is 16.5. The van der Waals surface area contributed by atoms with Crippen LogP contribution in [0.4, 0.5) is 5.82 Å². The van der Waals surface area contributed by atoms with Crippen LogP contribution >= 0.6 is 0 Å². The molecule has 1 aliphatic heterocycles. The first-order valence-electron chi connectivity index (χ1n) is 9.89. The summed E-state index contributed by atoms with van der Waals surface area (Å²) in [6, 6.07) is 9.22. The molecule has 0 unspecified atom stereocenters. The third-order valence-corrected chi connectivity index (χ3v) is 4.88. The quantitative estimate of drug-likeness (QED) is 0.759. The van der Waals surface area contributed by atoms with E-state index in [1.165, 1.54) is 0 Å². The molecular weight excluding hydrogens is 356 g/mol. The minimum absolute atomic E-state index is 0.0269. The molecule has 0 radical (unpaired) electrons. The van der Waals surface area contributed by atoms with Crippen LogP contribution in [0.3, 0.4) is 0 Å². The predicted octanol–water partition coefficient (Wildman–Crippen LogP) is 2.46. The number of hydrogen-bond acceptors (Lipinski definition) is 4. The summed E-state index contributed by atoms with van der Waals surface area (Å²) in [4.78, 5) is 27.0. The number of aryl methyl sites for hydroxylation is 2. The van der Waals surface area contributed by atoms with Gasteiger partial charge in [-0.3, -0.25) is 14.5 Å². The normalized spacial score (nSPS) is 14.5. The van der Waals surface area contributed by atoms with Gasteiger partial charge < -0.3 is 10.1 Å². The highest BCUT2D eigenvalue weighted by Crippen LogP contribution is 2.26. The fraction of sp³-hybridized carbons (Fsp3) is 0.476. The summed E-state index contributed by atoms with van der Waals surface area (Å²) in [5, 5.41) is 7.40. The summed E-state index contributed by atoms with van der Waals surface area (Å²) < 4.78 is 7.26. The molecule has 0 spiro atoms. The third-order valence-electron chi connectivity index (χ3n) is 4.88. The van der Waals surface area contributed by atoms with Gasteiger partial charge in [0.25, 0.3) is 0 Å². The molecule has 0 bridgehead atoms. The lowest BCUT2D eigenvalue weighted by atomic mass is 10.1. The first kappa shape index (κ1) is 19.9. The molecule has 1 atom stereocenters. The van der Waals surface area contributed by atoms with E-state index in [0.29, 0.717) is 38.4 Å². The molecular formula is C21H28N4O3. The van der Waals surface area contributed by atoms with Crippen LogP contribution in [0.25, 0.3) is 0 Å². The van der Waals surface area contributed by atoms with E-state index in [4.69, 9.17) is 4.74 Å². The van der Waals surface area contributed by atoms with E-state index in [-0.39, 0.29) is 11.8 Å². The third kappa shape index (κ3) is 4.35. The van der Waals surface area contributed by atoms with Gasteiger partial charge in [0.15, 0.2) is 0 Å². The van der Waals surface area contributed by atoms with Crippen LogP contribution in [0.15, 0.2) is 30.3 Å². The second-order valence-electron chi connectivity index (χ2n) is 6.92. The molecule has 7 heteroatoms. The Balaban J connectivity index is 1.61. The second-order valence-corrected chi connectivity index (χ2v) is 6.92. The van der Waals surface area contributed by atoms with Crippen molar-refractivity contribution in [1.82, 2.24) is 15.1 Å². The maximum atomic E-state index is 12.8. The summed E-state index contributed by atoms with van der Waals surface area (Å²) in [5.41, 5.74) is 1.97. The largest absolute Gasteiger partial charge is 0.494 e. The van der Waals surface area contributed by atoms with Crippen LogP contribution in [0.2, 0.25) is 0 Å². The maximum absolute atomic E-state index is 12.8. The molecule has 1 N–H and O–H groups in total. The molecule has 1 aliphatic rings. The molecule has 28 heavy (non-hydrogen) atoms. The summed E-state index contributed by atoms with van der Waals surface area (Å²) in [7, 11) is 0.